The molecule has 1 aliphatic carbocycles. The van der Waals surface area contributed by atoms with Gasteiger partial charge < -0.3 is 0 Å². The Morgan fingerprint density at radius 3 is 1.91 bits per heavy atom. The molecule has 0 spiro atoms. The van der Waals surface area contributed by atoms with Gasteiger partial charge in [-0.1, -0.05) is 12.2 Å². The first-order valence-electron chi connectivity index (χ1n) is 7.73. The van der Waals surface area contributed by atoms with Crippen LogP contribution in [-0.2, 0) is 9.59 Å². The Labute approximate surface area is 135 Å². The lowest BCUT2D eigenvalue weighted by atomic mass is 9.89. The number of carbonyl (C=O) groups excluding carboxylic acids is 3. The predicted molar refractivity (Wildman–Crippen MR) is 87.9 cm³/mol. The molecule has 4 atom stereocenters. The fraction of sp³-hybridized carbons (Fsp3) is 0.316. The molecule has 2 amide bonds. The molecule has 1 aromatic rings. The molecule has 1 aliphatic heterocycles. The molecule has 0 N–H and O–H groups in total. The summed E-state index contributed by atoms with van der Waals surface area (Å²) in [6.07, 6.45) is 4.29. The summed E-state index contributed by atoms with van der Waals surface area (Å²) >= 11 is 0. The highest BCUT2D eigenvalue weighted by atomic mass is 16.2. The second kappa shape index (κ2) is 5.61. The third-order valence-corrected chi connectivity index (χ3v) is 5.00. The molecule has 0 radical (unpaired) electrons. The highest BCUT2D eigenvalue weighted by Gasteiger charge is 2.57. The largest absolute Gasteiger partial charge is 0.295 e. The van der Waals surface area contributed by atoms with Gasteiger partial charge in [0.15, 0.2) is 5.78 Å². The zero-order chi connectivity index (χ0) is 16.7. The molecule has 0 bridgehead atoms. The molecule has 1 aromatic carbocycles. The van der Waals surface area contributed by atoms with Crippen molar-refractivity contribution >= 4 is 23.3 Å². The quantitative estimate of drug-likeness (QED) is 0.488. The molecule has 4 nitrogen and oxygen atoms in total. The van der Waals surface area contributed by atoms with E-state index >= 15 is 0 Å². The Balaban J connectivity index is 1.97. The summed E-state index contributed by atoms with van der Waals surface area (Å²) in [5.74, 6) is -1.10. The number of anilines is 1. The molecule has 3 rings (SSSR count). The van der Waals surface area contributed by atoms with Crippen molar-refractivity contribution < 1.29 is 14.4 Å². The van der Waals surface area contributed by atoms with Gasteiger partial charge in [0, 0.05) is 5.56 Å². The summed E-state index contributed by atoms with van der Waals surface area (Å²) in [5.41, 5.74) is 1.07. The maximum atomic E-state index is 12.8. The van der Waals surface area contributed by atoms with E-state index in [4.69, 9.17) is 0 Å². The molecular formula is C19H19NO3. The number of carbonyl (C=O) groups is 3. The minimum absolute atomic E-state index is 0.000873. The van der Waals surface area contributed by atoms with Crippen LogP contribution in [0.5, 0.6) is 0 Å². The van der Waals surface area contributed by atoms with Crippen molar-refractivity contribution in [2.75, 3.05) is 4.90 Å². The van der Waals surface area contributed by atoms with Crippen LogP contribution in [-0.4, -0.2) is 17.6 Å². The van der Waals surface area contributed by atoms with E-state index < -0.39 is 0 Å². The van der Waals surface area contributed by atoms with Crippen LogP contribution in [0.2, 0.25) is 0 Å². The van der Waals surface area contributed by atoms with Crippen molar-refractivity contribution in [3.05, 3.63) is 55.1 Å². The van der Waals surface area contributed by atoms with Crippen LogP contribution in [0.1, 0.15) is 23.7 Å². The zero-order valence-corrected chi connectivity index (χ0v) is 13.1. The lowest BCUT2D eigenvalue weighted by Gasteiger charge is -2.19. The number of hydrogen-bond donors (Lipinski definition) is 0. The number of rotatable bonds is 4. The number of ketones is 1. The lowest BCUT2D eigenvalue weighted by Crippen LogP contribution is -2.33. The standard InChI is InChI=1S/C19H19NO3/c1-4-12-10-13(5-2)17-16(12)18(22)20(19(17)23)15-8-6-14(7-9-15)11(3)21/h4-9,12-13,16-17H,1-2,10H2,3H3/t12-,13+,16-,17+. The van der Waals surface area contributed by atoms with Crippen LogP contribution in [0.15, 0.2) is 49.6 Å². The Bertz CT molecular complexity index is 672. The first kappa shape index (κ1) is 15.4. The van der Waals surface area contributed by atoms with Gasteiger partial charge in [-0.25, -0.2) is 0 Å². The minimum Gasteiger partial charge on any atom is -0.295 e. The number of amides is 2. The van der Waals surface area contributed by atoms with Gasteiger partial charge in [-0.2, -0.15) is 0 Å². The number of hydrogen-bond acceptors (Lipinski definition) is 3. The van der Waals surface area contributed by atoms with Gasteiger partial charge >= 0.3 is 0 Å². The van der Waals surface area contributed by atoms with Crippen LogP contribution >= 0.6 is 0 Å². The van der Waals surface area contributed by atoms with Gasteiger partial charge in [0.1, 0.15) is 0 Å². The third-order valence-electron chi connectivity index (χ3n) is 5.00. The first-order valence-corrected chi connectivity index (χ1v) is 7.73. The third kappa shape index (κ3) is 2.25. The van der Waals surface area contributed by atoms with Crippen molar-refractivity contribution in [3.8, 4) is 0 Å². The van der Waals surface area contributed by atoms with E-state index in [9.17, 15) is 14.4 Å². The van der Waals surface area contributed by atoms with Gasteiger partial charge in [-0.05, 0) is 49.4 Å². The van der Waals surface area contributed by atoms with Crippen molar-refractivity contribution in [2.24, 2.45) is 23.7 Å². The van der Waals surface area contributed by atoms with Gasteiger partial charge in [0.05, 0.1) is 17.5 Å². The van der Waals surface area contributed by atoms with Crippen LogP contribution in [0, 0.1) is 23.7 Å². The number of Topliss-reactive ketones (excluding diaryl/α,β-unsaturated/α-hetero) is 1. The van der Waals surface area contributed by atoms with Crippen LogP contribution < -0.4 is 4.90 Å². The molecule has 4 heteroatoms. The number of benzene rings is 1. The van der Waals surface area contributed by atoms with Crippen LogP contribution in [0.4, 0.5) is 5.69 Å². The summed E-state index contributed by atoms with van der Waals surface area (Å²) in [6, 6.07) is 6.59. The average molecular weight is 309 g/mol. The zero-order valence-electron chi connectivity index (χ0n) is 13.1. The number of fused-ring (bicyclic) bond motifs is 1. The van der Waals surface area contributed by atoms with Gasteiger partial charge in [-0.3, -0.25) is 19.3 Å². The maximum absolute atomic E-state index is 12.8. The van der Waals surface area contributed by atoms with E-state index in [1.807, 2.05) is 0 Å². The van der Waals surface area contributed by atoms with Crippen molar-refractivity contribution in [2.45, 2.75) is 13.3 Å². The Morgan fingerprint density at radius 1 is 1.04 bits per heavy atom. The minimum atomic E-state index is -0.351. The molecule has 1 saturated carbocycles. The van der Waals surface area contributed by atoms with Crippen molar-refractivity contribution in [1.82, 2.24) is 0 Å². The number of imide groups is 1. The van der Waals surface area contributed by atoms with Gasteiger partial charge in [-0.15, -0.1) is 13.2 Å². The fourth-order valence-electron chi connectivity index (χ4n) is 3.81. The summed E-state index contributed by atoms with van der Waals surface area (Å²) in [6.45, 7) is 9.09. The van der Waals surface area contributed by atoms with E-state index in [0.29, 0.717) is 11.3 Å². The molecule has 0 aromatic heterocycles. The predicted octanol–water partition coefficient (Wildman–Crippen LogP) is 3.00. The normalized spacial score (nSPS) is 29.5. The van der Waals surface area contributed by atoms with E-state index in [0.717, 1.165) is 6.42 Å². The fourth-order valence-corrected chi connectivity index (χ4v) is 3.81. The van der Waals surface area contributed by atoms with Gasteiger partial charge in [0.2, 0.25) is 11.8 Å². The highest BCUT2D eigenvalue weighted by molar-refractivity contribution is 6.22. The second-order valence-corrected chi connectivity index (χ2v) is 6.20. The average Bonchev–Trinajstić information content (AvgIpc) is 3.04. The Hall–Kier alpha value is -2.49. The van der Waals surface area contributed by atoms with Gasteiger partial charge in [0.25, 0.3) is 0 Å². The van der Waals surface area contributed by atoms with Crippen LogP contribution in [0.25, 0.3) is 0 Å². The Kier molecular flexibility index (Phi) is 3.76. The van der Waals surface area contributed by atoms with E-state index in [2.05, 4.69) is 13.2 Å². The molecule has 2 aliphatic rings. The van der Waals surface area contributed by atoms with Crippen molar-refractivity contribution in [1.29, 1.82) is 0 Å². The molecular weight excluding hydrogens is 290 g/mol. The first-order chi connectivity index (χ1) is 11.0. The smallest absolute Gasteiger partial charge is 0.238 e. The van der Waals surface area contributed by atoms with Crippen LogP contribution in [0.3, 0.4) is 0 Å². The molecule has 1 heterocycles. The number of nitrogens with zero attached hydrogens (tertiary/aromatic N) is 1. The monoisotopic (exact) mass is 309 g/mol. The summed E-state index contributed by atoms with van der Waals surface area (Å²) in [5, 5.41) is 0. The van der Waals surface area contributed by atoms with E-state index in [1.54, 1.807) is 36.4 Å². The molecule has 1 saturated heterocycles. The Morgan fingerprint density at radius 2 is 1.52 bits per heavy atom. The summed E-state index contributed by atoms with van der Waals surface area (Å²) < 4.78 is 0. The maximum Gasteiger partial charge on any atom is 0.238 e. The van der Waals surface area contributed by atoms with Crippen molar-refractivity contribution in [3.63, 3.8) is 0 Å². The second-order valence-electron chi connectivity index (χ2n) is 6.20. The molecule has 23 heavy (non-hydrogen) atoms. The summed E-state index contributed by atoms with van der Waals surface area (Å²) in [4.78, 5) is 38.2. The lowest BCUT2D eigenvalue weighted by molar-refractivity contribution is -0.123. The summed E-state index contributed by atoms with van der Waals surface area (Å²) in [7, 11) is 0. The molecule has 0 unspecified atom stereocenters. The van der Waals surface area contributed by atoms with E-state index in [-0.39, 0.29) is 41.3 Å². The van der Waals surface area contributed by atoms with E-state index in [1.165, 1.54) is 11.8 Å². The number of allylic oxidation sites excluding steroid dienone is 2. The SMILES string of the molecule is C=C[C@@H]1C[C@H](C=C)[C@@H]2C(=O)N(c3ccc(C(C)=O)cc3)C(=O)[C@@H]21. The molecule has 2 fully saturated rings. The molecule has 118 valence electrons. The topological polar surface area (TPSA) is 54.5 Å². The highest BCUT2D eigenvalue weighted by Crippen LogP contribution is 2.49.